The van der Waals surface area contributed by atoms with Gasteiger partial charge in [-0.1, -0.05) is 67.1 Å². The van der Waals surface area contributed by atoms with Crippen LogP contribution in [-0.4, -0.2) is 7.11 Å². The number of methoxy groups -OCH3 is 1. The zero-order valence-corrected chi connectivity index (χ0v) is 16.8. The van der Waals surface area contributed by atoms with E-state index in [1.54, 1.807) is 7.11 Å². The van der Waals surface area contributed by atoms with Gasteiger partial charge >= 0.3 is 0 Å². The van der Waals surface area contributed by atoms with Crippen LogP contribution in [0.25, 0.3) is 0 Å². The van der Waals surface area contributed by atoms with Crippen LogP contribution in [0.5, 0.6) is 17.2 Å². The lowest BCUT2D eigenvalue weighted by molar-refractivity contribution is 0.0320. The van der Waals surface area contributed by atoms with Crippen molar-refractivity contribution in [3.05, 3.63) is 89.5 Å². The second-order valence-electron chi connectivity index (χ2n) is 7.97. The molecule has 3 aromatic carbocycles. The molecule has 1 aliphatic carbocycles. The number of fused-ring (bicyclic) bond motifs is 3. The molecule has 1 heterocycles. The van der Waals surface area contributed by atoms with Crippen LogP contribution in [0.1, 0.15) is 48.3 Å². The minimum absolute atomic E-state index is 0.273. The number of hydrogen-bond acceptors (Lipinski definition) is 3. The zero-order valence-electron chi connectivity index (χ0n) is 16.8. The Hall–Kier alpha value is -2.94. The van der Waals surface area contributed by atoms with Crippen molar-refractivity contribution in [2.45, 2.75) is 43.8 Å². The fourth-order valence-corrected chi connectivity index (χ4v) is 4.92. The monoisotopic (exact) mass is 386 g/mol. The summed E-state index contributed by atoms with van der Waals surface area (Å²) >= 11 is 0. The maximum absolute atomic E-state index is 6.71. The molecular formula is C26H26O3. The van der Waals surface area contributed by atoms with Crippen LogP contribution in [0.3, 0.4) is 0 Å². The lowest BCUT2D eigenvalue weighted by atomic mass is 9.70. The minimum Gasteiger partial charge on any atom is -0.493 e. The summed E-state index contributed by atoms with van der Waals surface area (Å²) in [6, 6.07) is 25.1. The summed E-state index contributed by atoms with van der Waals surface area (Å²) in [6.45, 7) is 0.519. The van der Waals surface area contributed by atoms with Crippen LogP contribution in [0.4, 0.5) is 0 Å². The third-order valence-electron chi connectivity index (χ3n) is 6.32. The molecule has 0 saturated heterocycles. The van der Waals surface area contributed by atoms with Gasteiger partial charge in [0.2, 0.25) is 0 Å². The number of hydrogen-bond donors (Lipinski definition) is 0. The zero-order chi connectivity index (χ0) is 19.7. The molecule has 1 saturated carbocycles. The average Bonchev–Trinajstić information content (AvgIpc) is 3.13. The van der Waals surface area contributed by atoms with Crippen LogP contribution in [-0.2, 0) is 12.2 Å². The van der Waals surface area contributed by atoms with Gasteiger partial charge in [-0.15, -0.1) is 0 Å². The van der Waals surface area contributed by atoms with E-state index in [1.165, 1.54) is 24.0 Å². The molecule has 5 rings (SSSR count). The van der Waals surface area contributed by atoms with E-state index in [4.69, 9.17) is 14.2 Å². The standard InChI is InChI=1S/C26H26O3/c1-27-24-17-23-21(16-25(24)28-18-19-10-4-2-5-11-19)22-14-8-9-15-26(22,29-23)20-12-6-3-7-13-20/h2-7,10-13,16-17,22H,8-9,14-15,18H2,1H3/t22?,26-/m0/s1. The van der Waals surface area contributed by atoms with E-state index in [0.717, 1.165) is 35.7 Å². The second-order valence-corrected chi connectivity index (χ2v) is 7.97. The van der Waals surface area contributed by atoms with E-state index >= 15 is 0 Å². The maximum Gasteiger partial charge on any atom is 0.164 e. The summed E-state index contributed by atoms with van der Waals surface area (Å²) in [6.07, 6.45) is 4.59. The summed E-state index contributed by atoms with van der Waals surface area (Å²) in [5.41, 5.74) is 3.39. The topological polar surface area (TPSA) is 27.7 Å². The van der Waals surface area contributed by atoms with Crippen LogP contribution in [0, 0.1) is 0 Å². The van der Waals surface area contributed by atoms with Crippen LogP contribution >= 0.6 is 0 Å². The van der Waals surface area contributed by atoms with Gasteiger partial charge in [0, 0.05) is 17.5 Å². The Kier molecular flexibility index (Phi) is 4.67. The second kappa shape index (κ2) is 7.47. The number of benzene rings is 3. The number of rotatable bonds is 5. The Bertz CT molecular complexity index is 984. The van der Waals surface area contributed by atoms with Crippen molar-refractivity contribution in [1.29, 1.82) is 0 Å². The van der Waals surface area contributed by atoms with Crippen LogP contribution in [0.15, 0.2) is 72.8 Å². The van der Waals surface area contributed by atoms with Gasteiger partial charge in [0.25, 0.3) is 0 Å². The highest BCUT2D eigenvalue weighted by Gasteiger charge is 2.51. The first kappa shape index (κ1) is 18.1. The summed E-state index contributed by atoms with van der Waals surface area (Å²) in [7, 11) is 1.69. The van der Waals surface area contributed by atoms with E-state index in [-0.39, 0.29) is 5.60 Å². The Morgan fingerprint density at radius 1 is 0.931 bits per heavy atom. The molecule has 0 N–H and O–H groups in total. The molecule has 0 bridgehead atoms. The largest absolute Gasteiger partial charge is 0.493 e. The SMILES string of the molecule is COc1cc2c(cc1OCc1ccccc1)C1CCCC[C@@]1(c1ccccc1)O2. The van der Waals surface area contributed by atoms with Crippen molar-refractivity contribution < 1.29 is 14.2 Å². The van der Waals surface area contributed by atoms with Crippen molar-refractivity contribution in [3.8, 4) is 17.2 Å². The van der Waals surface area contributed by atoms with Crippen LogP contribution in [0.2, 0.25) is 0 Å². The Labute approximate surface area is 172 Å². The van der Waals surface area contributed by atoms with Gasteiger partial charge in [0.05, 0.1) is 7.11 Å². The van der Waals surface area contributed by atoms with Gasteiger partial charge in [-0.2, -0.15) is 0 Å². The maximum atomic E-state index is 6.71. The lowest BCUT2D eigenvalue weighted by Gasteiger charge is -2.38. The molecule has 0 aromatic heterocycles. The highest BCUT2D eigenvalue weighted by Crippen LogP contribution is 2.59. The predicted molar refractivity (Wildman–Crippen MR) is 114 cm³/mol. The average molecular weight is 386 g/mol. The van der Waals surface area contributed by atoms with Crippen molar-refractivity contribution in [2.24, 2.45) is 0 Å². The molecule has 148 valence electrons. The fraction of sp³-hybridized carbons (Fsp3) is 0.308. The van der Waals surface area contributed by atoms with Gasteiger partial charge in [-0.3, -0.25) is 0 Å². The first-order chi connectivity index (χ1) is 14.3. The Balaban J connectivity index is 1.51. The molecule has 3 heteroatoms. The normalized spacial score (nSPS) is 22.3. The van der Waals surface area contributed by atoms with Crippen molar-refractivity contribution in [1.82, 2.24) is 0 Å². The molecule has 1 aliphatic heterocycles. The molecule has 29 heavy (non-hydrogen) atoms. The molecule has 2 atom stereocenters. The van der Waals surface area contributed by atoms with Gasteiger partial charge in [-0.05, 0) is 36.5 Å². The smallest absolute Gasteiger partial charge is 0.164 e. The fourth-order valence-electron chi connectivity index (χ4n) is 4.92. The molecule has 0 radical (unpaired) electrons. The third kappa shape index (κ3) is 3.15. The quantitative estimate of drug-likeness (QED) is 0.521. The molecule has 1 unspecified atom stereocenters. The molecule has 2 aliphatic rings. The summed E-state index contributed by atoms with van der Waals surface area (Å²) in [4.78, 5) is 0. The van der Waals surface area contributed by atoms with Gasteiger partial charge < -0.3 is 14.2 Å². The van der Waals surface area contributed by atoms with Crippen molar-refractivity contribution in [2.75, 3.05) is 7.11 Å². The van der Waals surface area contributed by atoms with Crippen molar-refractivity contribution >= 4 is 0 Å². The summed E-state index contributed by atoms with van der Waals surface area (Å²) in [5.74, 6) is 2.79. The van der Waals surface area contributed by atoms with E-state index in [1.807, 2.05) is 24.3 Å². The van der Waals surface area contributed by atoms with Crippen molar-refractivity contribution in [3.63, 3.8) is 0 Å². The first-order valence-corrected chi connectivity index (χ1v) is 10.4. The van der Waals surface area contributed by atoms with E-state index < -0.39 is 0 Å². The Morgan fingerprint density at radius 3 is 2.45 bits per heavy atom. The van der Waals surface area contributed by atoms with Gasteiger partial charge in [0.15, 0.2) is 11.5 Å². The van der Waals surface area contributed by atoms with E-state index in [2.05, 4.69) is 48.5 Å². The lowest BCUT2D eigenvalue weighted by Crippen LogP contribution is -2.37. The van der Waals surface area contributed by atoms with Gasteiger partial charge in [-0.25, -0.2) is 0 Å². The first-order valence-electron chi connectivity index (χ1n) is 10.4. The molecular weight excluding hydrogens is 360 g/mol. The molecule has 3 aromatic rings. The minimum atomic E-state index is -0.273. The van der Waals surface area contributed by atoms with Gasteiger partial charge in [0.1, 0.15) is 18.0 Å². The van der Waals surface area contributed by atoms with E-state index in [0.29, 0.717) is 12.5 Å². The highest BCUT2D eigenvalue weighted by molar-refractivity contribution is 5.56. The molecule has 3 nitrogen and oxygen atoms in total. The predicted octanol–water partition coefficient (Wildman–Crippen LogP) is 6.22. The summed E-state index contributed by atoms with van der Waals surface area (Å²) in [5, 5.41) is 0. The Morgan fingerprint density at radius 2 is 1.69 bits per heavy atom. The number of ether oxygens (including phenoxy) is 3. The summed E-state index contributed by atoms with van der Waals surface area (Å²) < 4.78 is 18.5. The molecule has 1 fully saturated rings. The third-order valence-corrected chi connectivity index (χ3v) is 6.32. The van der Waals surface area contributed by atoms with E-state index in [9.17, 15) is 0 Å². The highest BCUT2D eigenvalue weighted by atomic mass is 16.5. The molecule has 0 amide bonds. The van der Waals surface area contributed by atoms with Crippen LogP contribution < -0.4 is 14.2 Å². The molecule has 0 spiro atoms.